The van der Waals surface area contributed by atoms with E-state index in [0.717, 1.165) is 38.7 Å². The van der Waals surface area contributed by atoms with Gasteiger partial charge in [-0.2, -0.15) is 0 Å². The molecule has 0 heterocycles. The summed E-state index contributed by atoms with van der Waals surface area (Å²) in [5.41, 5.74) is 1.85. The minimum absolute atomic E-state index is 0.0210. The third kappa shape index (κ3) is 13.7. The molecule has 0 spiro atoms. The first kappa shape index (κ1) is 30.0. The van der Waals surface area contributed by atoms with E-state index < -0.39 is 8.07 Å². The predicted molar refractivity (Wildman–Crippen MR) is 142 cm³/mol. The second-order valence-corrected chi connectivity index (χ2v) is 14.5. The molecule has 1 aromatic rings. The van der Waals surface area contributed by atoms with Gasteiger partial charge in [-0.1, -0.05) is 79.5 Å². The maximum atomic E-state index is 11.5. The molecular weight excluding hydrogens is 444 g/mol. The van der Waals surface area contributed by atoms with E-state index in [0.29, 0.717) is 12.2 Å². The molecular formula is C28H44O5Si. The fraction of sp³-hybridized carbons (Fsp3) is 0.536. The number of hydrogen-bond donors (Lipinski definition) is 0. The molecule has 0 fully saturated rings. The first-order valence-electron chi connectivity index (χ1n) is 12.1. The Labute approximate surface area is 207 Å². The Morgan fingerprint density at radius 1 is 1.06 bits per heavy atom. The van der Waals surface area contributed by atoms with Crippen molar-refractivity contribution < 1.29 is 23.7 Å². The highest BCUT2D eigenvalue weighted by atomic mass is 28.3. The van der Waals surface area contributed by atoms with Crippen LogP contribution in [0.25, 0.3) is 0 Å². The van der Waals surface area contributed by atoms with Crippen LogP contribution in [0.5, 0.6) is 0 Å². The molecule has 1 atom stereocenters. The highest BCUT2D eigenvalue weighted by Gasteiger charge is 2.19. The number of allylic oxidation sites excluding steroid dienone is 4. The maximum Gasteiger partial charge on any atom is 0.333 e. The van der Waals surface area contributed by atoms with Gasteiger partial charge in [0.05, 0.1) is 27.9 Å². The Hall–Kier alpha value is -1.99. The molecule has 0 bridgehead atoms. The lowest BCUT2D eigenvalue weighted by Gasteiger charge is -2.22. The standard InChI is InChI=1S/C28H44O5Si/c1-24(28(29)31-3)15-12-13-18-26(33-23-30-2)21-27(34(4,5)6)19-11-8-14-20-32-22-25-16-9-7-10-17-25/h7,9-11,15-17,19,21,26H,8,12-14,18,20,22-23H2,1-6H3/b19-11+,24-15+,27-21-/t26-/m0/s1. The number of unbranched alkanes of at least 4 members (excludes halogenated alkanes) is 2. The normalized spacial score (nSPS) is 13.9. The number of ether oxygens (including phenoxy) is 4. The van der Waals surface area contributed by atoms with E-state index in [1.54, 1.807) is 14.0 Å². The van der Waals surface area contributed by atoms with E-state index in [4.69, 9.17) is 18.9 Å². The Kier molecular flexibility index (Phi) is 15.4. The number of esters is 1. The molecule has 1 aromatic carbocycles. The van der Waals surface area contributed by atoms with Crippen LogP contribution in [0.15, 0.2) is 65.4 Å². The van der Waals surface area contributed by atoms with Crippen molar-refractivity contribution in [2.45, 2.75) is 71.4 Å². The Bertz CT molecular complexity index is 778. The fourth-order valence-corrected chi connectivity index (χ4v) is 4.59. The van der Waals surface area contributed by atoms with Gasteiger partial charge in [-0.25, -0.2) is 4.79 Å². The summed E-state index contributed by atoms with van der Waals surface area (Å²) in [7, 11) is 1.50. The number of benzene rings is 1. The summed E-state index contributed by atoms with van der Waals surface area (Å²) < 4.78 is 21.6. The van der Waals surface area contributed by atoms with Crippen LogP contribution in [0.1, 0.15) is 44.6 Å². The zero-order valence-electron chi connectivity index (χ0n) is 22.0. The number of carbonyl (C=O) groups excluding carboxylic acids is 1. The van der Waals surface area contributed by atoms with Gasteiger partial charge in [0.15, 0.2) is 0 Å². The highest BCUT2D eigenvalue weighted by Crippen LogP contribution is 2.20. The molecule has 34 heavy (non-hydrogen) atoms. The summed E-state index contributed by atoms with van der Waals surface area (Å²) in [6.07, 6.45) is 13.3. The van der Waals surface area contributed by atoms with Crippen molar-refractivity contribution in [1.29, 1.82) is 0 Å². The molecule has 0 N–H and O–H groups in total. The van der Waals surface area contributed by atoms with Crippen LogP contribution >= 0.6 is 0 Å². The Balaban J connectivity index is 2.60. The van der Waals surface area contributed by atoms with E-state index in [1.165, 1.54) is 17.9 Å². The van der Waals surface area contributed by atoms with Crippen molar-refractivity contribution >= 4 is 14.0 Å². The predicted octanol–water partition coefficient (Wildman–Crippen LogP) is 6.62. The van der Waals surface area contributed by atoms with Gasteiger partial charge in [-0.15, -0.1) is 0 Å². The number of methoxy groups -OCH3 is 2. The van der Waals surface area contributed by atoms with Crippen molar-refractivity contribution in [3.63, 3.8) is 0 Å². The van der Waals surface area contributed by atoms with Crippen LogP contribution in [-0.2, 0) is 30.3 Å². The number of hydrogen-bond acceptors (Lipinski definition) is 5. The van der Waals surface area contributed by atoms with Crippen LogP contribution in [-0.4, -0.2) is 47.8 Å². The van der Waals surface area contributed by atoms with Crippen LogP contribution < -0.4 is 0 Å². The SMILES string of the molecule is COCO[C@H](/C=C(/C=C/CCCOCc1ccccc1)[Si](C)(C)C)CCC/C=C(\C)C(=O)OC. The Morgan fingerprint density at radius 3 is 2.44 bits per heavy atom. The summed E-state index contributed by atoms with van der Waals surface area (Å²) >= 11 is 0. The lowest BCUT2D eigenvalue weighted by molar-refractivity contribution is -0.136. The topological polar surface area (TPSA) is 54.0 Å². The third-order valence-electron chi connectivity index (χ3n) is 5.35. The van der Waals surface area contributed by atoms with Gasteiger partial charge >= 0.3 is 5.97 Å². The van der Waals surface area contributed by atoms with E-state index in [1.807, 2.05) is 24.3 Å². The lowest BCUT2D eigenvalue weighted by Crippen LogP contribution is -2.25. The maximum absolute atomic E-state index is 11.5. The molecule has 1 rings (SSSR count). The van der Waals surface area contributed by atoms with Crippen LogP contribution in [0.3, 0.4) is 0 Å². The quantitative estimate of drug-likeness (QED) is 0.0616. The van der Waals surface area contributed by atoms with E-state index >= 15 is 0 Å². The van der Waals surface area contributed by atoms with Crippen LogP contribution in [0.2, 0.25) is 19.6 Å². The highest BCUT2D eigenvalue weighted by molar-refractivity contribution is 6.83. The molecule has 0 saturated heterocycles. The van der Waals surface area contributed by atoms with Gasteiger partial charge < -0.3 is 18.9 Å². The zero-order valence-corrected chi connectivity index (χ0v) is 23.0. The van der Waals surface area contributed by atoms with Crippen molar-refractivity contribution in [1.82, 2.24) is 0 Å². The second kappa shape index (κ2) is 17.4. The first-order valence-corrected chi connectivity index (χ1v) is 15.6. The minimum Gasteiger partial charge on any atom is -0.466 e. The molecule has 0 aliphatic rings. The molecule has 0 saturated carbocycles. The van der Waals surface area contributed by atoms with Crippen molar-refractivity contribution in [2.24, 2.45) is 0 Å². The van der Waals surface area contributed by atoms with Gasteiger partial charge in [0, 0.05) is 19.3 Å². The van der Waals surface area contributed by atoms with Crippen molar-refractivity contribution in [2.75, 3.05) is 27.6 Å². The van der Waals surface area contributed by atoms with Crippen LogP contribution in [0.4, 0.5) is 0 Å². The van der Waals surface area contributed by atoms with Crippen molar-refractivity contribution in [3.05, 3.63) is 71.0 Å². The van der Waals surface area contributed by atoms with Gasteiger partial charge in [0.1, 0.15) is 6.79 Å². The molecule has 0 aromatic heterocycles. The molecule has 190 valence electrons. The molecule has 6 heteroatoms. The zero-order chi connectivity index (χ0) is 25.2. The molecule has 0 aliphatic carbocycles. The lowest BCUT2D eigenvalue weighted by atomic mass is 10.1. The monoisotopic (exact) mass is 488 g/mol. The van der Waals surface area contributed by atoms with Crippen LogP contribution in [0, 0.1) is 0 Å². The summed E-state index contributed by atoms with van der Waals surface area (Å²) in [4.78, 5) is 11.5. The largest absolute Gasteiger partial charge is 0.466 e. The summed E-state index contributed by atoms with van der Waals surface area (Å²) in [5, 5.41) is 1.38. The third-order valence-corrected chi connectivity index (χ3v) is 7.42. The fourth-order valence-electron chi connectivity index (χ4n) is 3.29. The second-order valence-electron chi connectivity index (χ2n) is 9.38. The molecule has 5 nitrogen and oxygen atoms in total. The van der Waals surface area contributed by atoms with Gasteiger partial charge in [-0.05, 0) is 44.6 Å². The van der Waals surface area contributed by atoms with E-state index in [2.05, 4.69) is 50.0 Å². The summed E-state index contributed by atoms with van der Waals surface area (Å²) in [5.74, 6) is -0.274. The van der Waals surface area contributed by atoms with Gasteiger partial charge in [-0.3, -0.25) is 0 Å². The molecule has 0 amide bonds. The molecule has 0 radical (unpaired) electrons. The summed E-state index contributed by atoms with van der Waals surface area (Å²) in [6, 6.07) is 10.3. The first-order chi connectivity index (χ1) is 16.3. The Morgan fingerprint density at radius 2 is 1.79 bits per heavy atom. The van der Waals surface area contributed by atoms with Gasteiger partial charge in [0.25, 0.3) is 0 Å². The van der Waals surface area contributed by atoms with E-state index in [-0.39, 0.29) is 18.9 Å². The number of carbonyl (C=O) groups is 1. The van der Waals surface area contributed by atoms with E-state index in [9.17, 15) is 4.79 Å². The minimum atomic E-state index is -1.54. The number of rotatable bonds is 17. The van der Waals surface area contributed by atoms with Gasteiger partial charge in [0.2, 0.25) is 0 Å². The molecule has 0 unspecified atom stereocenters. The average molecular weight is 489 g/mol. The molecule has 0 aliphatic heterocycles. The smallest absolute Gasteiger partial charge is 0.333 e. The average Bonchev–Trinajstić information content (AvgIpc) is 2.82. The summed E-state index contributed by atoms with van der Waals surface area (Å²) in [6.45, 7) is 10.5. The van der Waals surface area contributed by atoms with Crippen molar-refractivity contribution in [3.8, 4) is 0 Å².